The first-order valence-electron chi connectivity index (χ1n) is 15.4. The minimum Gasteiger partial charge on any atom is -0.460 e. The largest absolute Gasteiger partial charge is 0.460 e. The predicted molar refractivity (Wildman–Crippen MR) is 176 cm³/mol. The summed E-state index contributed by atoms with van der Waals surface area (Å²) in [5.74, 6) is -1.92. The fourth-order valence-corrected chi connectivity index (χ4v) is 9.19. The van der Waals surface area contributed by atoms with E-state index in [0.717, 1.165) is 19.3 Å². The van der Waals surface area contributed by atoms with E-state index in [9.17, 15) is 23.9 Å². The van der Waals surface area contributed by atoms with E-state index in [4.69, 9.17) is 22.3 Å². The average molecular weight is 692 g/mol. The molecule has 6 unspecified atom stereocenters. The zero-order chi connectivity index (χ0) is 34.9. The summed E-state index contributed by atoms with van der Waals surface area (Å²) in [6, 6.07) is 12.8. The molecule has 13 heteroatoms. The molecule has 10 nitrogen and oxygen atoms in total. The van der Waals surface area contributed by atoms with Crippen LogP contribution < -0.4 is 5.32 Å². The number of para-hydroxylation sites is 1. The fraction of sp³-hybridized carbons (Fsp3) is 0.500. The number of esters is 1. The number of Topliss-reactive ketones (excluding diaryl/α,β-unsaturated/α-hetero) is 1. The van der Waals surface area contributed by atoms with Gasteiger partial charge in [-0.3, -0.25) is 23.5 Å². The van der Waals surface area contributed by atoms with E-state index in [1.165, 1.54) is 30.0 Å². The van der Waals surface area contributed by atoms with Crippen LogP contribution in [0.3, 0.4) is 0 Å². The fourth-order valence-electron chi connectivity index (χ4n) is 8.40. The monoisotopic (exact) mass is 691 g/mol. The molecule has 3 aliphatic carbocycles. The van der Waals surface area contributed by atoms with Gasteiger partial charge in [-0.1, -0.05) is 58.0 Å². The zero-order valence-electron chi connectivity index (χ0n) is 26.8. The maximum absolute atomic E-state index is 14.2. The van der Waals surface area contributed by atoms with Crippen molar-refractivity contribution in [1.29, 1.82) is 0 Å². The molecule has 0 saturated heterocycles. The van der Waals surface area contributed by atoms with E-state index in [1.807, 2.05) is 13.8 Å². The number of rotatable bonds is 7. The van der Waals surface area contributed by atoms with Gasteiger partial charge in [0.25, 0.3) is 5.91 Å². The van der Waals surface area contributed by atoms with Crippen LogP contribution in [0.15, 0.2) is 66.1 Å². The summed E-state index contributed by atoms with van der Waals surface area (Å²) < 4.78 is 52.1. The second-order valence-corrected chi connectivity index (χ2v) is 15.2. The maximum atomic E-state index is 14.2. The highest BCUT2D eigenvalue weighted by Gasteiger charge is 2.71. The normalized spacial score (nSPS) is 33.0. The molecule has 3 saturated carbocycles. The molecule has 2 bridgehead atoms. The lowest BCUT2D eigenvalue weighted by atomic mass is 9.49. The van der Waals surface area contributed by atoms with Gasteiger partial charge in [-0.15, -0.1) is 18.3 Å². The molecular formula is C34H42FNO9S2. The number of hydrogen-bond donors (Lipinski definition) is 4. The van der Waals surface area contributed by atoms with Crippen molar-refractivity contribution in [3.05, 3.63) is 72.6 Å². The molecule has 3 fully saturated rings. The molecule has 8 atom stereocenters. The topological polar surface area (TPSA) is 167 Å². The first kappa shape index (κ1) is 36.7. The Hall–Kier alpha value is -3.10. The number of benzene rings is 2. The number of ketones is 1. The van der Waals surface area contributed by atoms with Crippen LogP contribution in [0.5, 0.6) is 0 Å². The van der Waals surface area contributed by atoms with Crippen LogP contribution in [-0.4, -0.2) is 58.3 Å². The number of carbonyl (C=O) groups is 3. The van der Waals surface area contributed by atoms with Gasteiger partial charge >= 0.3 is 16.4 Å². The highest BCUT2D eigenvalue weighted by atomic mass is 32.3. The summed E-state index contributed by atoms with van der Waals surface area (Å²) in [6.45, 7) is 12.2. The van der Waals surface area contributed by atoms with Crippen molar-refractivity contribution >= 4 is 45.5 Å². The minimum atomic E-state index is -4.67. The van der Waals surface area contributed by atoms with Crippen molar-refractivity contribution in [3.8, 4) is 0 Å². The molecule has 3 aliphatic rings. The van der Waals surface area contributed by atoms with Crippen LogP contribution in [-0.2, 0) is 24.7 Å². The van der Waals surface area contributed by atoms with Crippen molar-refractivity contribution < 1.29 is 46.1 Å². The lowest BCUT2D eigenvalue weighted by molar-refractivity contribution is -0.185. The number of aliphatic hydroxyl groups excluding tert-OH is 1. The number of carbonyl (C=O) groups excluding carboxylic acids is 3. The Bertz CT molecular complexity index is 1640. The van der Waals surface area contributed by atoms with Crippen molar-refractivity contribution in [1.82, 2.24) is 0 Å². The van der Waals surface area contributed by atoms with Gasteiger partial charge in [0.15, 0.2) is 0 Å². The molecule has 5 rings (SSSR count). The Morgan fingerprint density at radius 1 is 1.11 bits per heavy atom. The van der Waals surface area contributed by atoms with Gasteiger partial charge in [0.1, 0.15) is 17.7 Å². The van der Waals surface area contributed by atoms with E-state index in [-0.39, 0.29) is 40.3 Å². The molecule has 256 valence electrons. The van der Waals surface area contributed by atoms with Crippen molar-refractivity contribution in [2.24, 2.45) is 34.0 Å². The molecule has 0 radical (unpaired) electrons. The number of hydrogen-bond acceptors (Lipinski definition) is 8. The van der Waals surface area contributed by atoms with Gasteiger partial charge in [-0.05, 0) is 60.8 Å². The van der Waals surface area contributed by atoms with Crippen LogP contribution in [0.4, 0.5) is 10.1 Å². The zero-order valence-corrected chi connectivity index (χ0v) is 28.4. The molecule has 2 aromatic rings. The Kier molecular flexibility index (Phi) is 10.8. The molecule has 47 heavy (non-hydrogen) atoms. The summed E-state index contributed by atoms with van der Waals surface area (Å²) in [4.78, 5) is 40.5. The summed E-state index contributed by atoms with van der Waals surface area (Å²) in [7, 11) is -4.67. The first-order chi connectivity index (χ1) is 21.9. The maximum Gasteiger partial charge on any atom is 0.394 e. The predicted octanol–water partition coefficient (Wildman–Crippen LogP) is 6.03. The third kappa shape index (κ3) is 7.05. The second kappa shape index (κ2) is 13.8. The average Bonchev–Trinajstić information content (AvgIpc) is 3.36. The van der Waals surface area contributed by atoms with Gasteiger partial charge in [0.05, 0.1) is 23.1 Å². The summed E-state index contributed by atoms with van der Waals surface area (Å²) in [5, 5.41) is 14.6. The Morgan fingerprint density at radius 3 is 2.36 bits per heavy atom. The molecule has 4 N–H and O–H groups in total. The van der Waals surface area contributed by atoms with E-state index in [1.54, 1.807) is 36.4 Å². The van der Waals surface area contributed by atoms with E-state index in [2.05, 4.69) is 25.7 Å². The molecule has 2 aromatic carbocycles. The minimum absolute atomic E-state index is 0.0594. The van der Waals surface area contributed by atoms with Gasteiger partial charge in [0.2, 0.25) is 0 Å². The van der Waals surface area contributed by atoms with Gasteiger partial charge < -0.3 is 15.2 Å². The summed E-state index contributed by atoms with van der Waals surface area (Å²) in [5.41, 5.74) is -1.59. The lowest BCUT2D eigenvalue weighted by Gasteiger charge is -2.56. The van der Waals surface area contributed by atoms with Crippen LogP contribution in [0.1, 0.15) is 63.7 Å². The Labute approximate surface area is 279 Å². The lowest BCUT2D eigenvalue weighted by Crippen LogP contribution is -2.58. The summed E-state index contributed by atoms with van der Waals surface area (Å²) >= 11 is 1.20. The summed E-state index contributed by atoms with van der Waals surface area (Å²) in [6.07, 6.45) is 3.11. The standard InChI is InChI=1S/C34H40FNO5S.H2O4S/c1-6-32(4)29(39)21(3)34-17-15-20(2)33(5,28(34)25(37)16-18-34)31(32)41-27(38)19-42-26-14-10-9-13-24(26)36-30(40)22-11-7-8-12-23(22)35;1-5(2,3)4/h6-14,20-21,28-29,31,39H,1,15-19H2,2-5H3,(H,36,40);(H2,1,2,3,4)/t20?,21?,28?,29-,31?,32?,33?,34-;/m0./s1. The third-order valence-electron chi connectivity index (χ3n) is 10.9. The van der Waals surface area contributed by atoms with Gasteiger partial charge in [-0.25, -0.2) is 4.39 Å². The molecular weight excluding hydrogens is 650 g/mol. The SMILES string of the molecule is C=CC1(C)C(OC(=O)CSc2ccccc2NC(=O)c2ccccc2F)C2(C)C(C)CC[C@]3(CCC(=O)C23)C(C)[C@@H]1O.O=S(=O)(O)O. The number of halogens is 1. The highest BCUT2D eigenvalue weighted by molar-refractivity contribution is 8.00. The molecule has 0 aliphatic heterocycles. The quantitative estimate of drug-likeness (QED) is 0.116. The van der Waals surface area contributed by atoms with Crippen molar-refractivity contribution in [2.75, 3.05) is 11.1 Å². The number of thioether (sulfide) groups is 1. The molecule has 0 spiro atoms. The van der Waals surface area contributed by atoms with Crippen LogP contribution >= 0.6 is 11.8 Å². The third-order valence-corrected chi connectivity index (χ3v) is 11.9. The van der Waals surface area contributed by atoms with Crippen LogP contribution in [0.25, 0.3) is 0 Å². The van der Waals surface area contributed by atoms with E-state index in [0.29, 0.717) is 17.0 Å². The number of nitrogens with one attached hydrogen (secondary N) is 1. The first-order valence-corrected chi connectivity index (χ1v) is 17.8. The molecule has 0 aromatic heterocycles. The molecule has 1 amide bonds. The smallest absolute Gasteiger partial charge is 0.394 e. The second-order valence-electron chi connectivity index (χ2n) is 13.3. The molecule has 0 heterocycles. The Balaban J connectivity index is 0.000000930. The van der Waals surface area contributed by atoms with Crippen molar-refractivity contribution in [3.63, 3.8) is 0 Å². The van der Waals surface area contributed by atoms with Crippen molar-refractivity contribution in [2.45, 2.75) is 70.5 Å². The number of amides is 1. The number of ether oxygens (including phenoxy) is 1. The Morgan fingerprint density at radius 2 is 1.72 bits per heavy atom. The van der Waals surface area contributed by atoms with Gasteiger partial charge in [-0.2, -0.15) is 8.42 Å². The van der Waals surface area contributed by atoms with Crippen LogP contribution in [0.2, 0.25) is 0 Å². The number of anilines is 1. The van der Waals surface area contributed by atoms with E-state index >= 15 is 0 Å². The van der Waals surface area contributed by atoms with Gasteiger partial charge in [0, 0.05) is 28.1 Å². The van der Waals surface area contributed by atoms with Crippen LogP contribution in [0, 0.1) is 39.8 Å². The van der Waals surface area contributed by atoms with E-state index < -0.39 is 51.1 Å². The highest BCUT2D eigenvalue weighted by Crippen LogP contribution is 2.70. The number of aliphatic hydroxyl groups is 1.